The van der Waals surface area contributed by atoms with Crippen molar-refractivity contribution in [3.63, 3.8) is 0 Å². The van der Waals surface area contributed by atoms with Gasteiger partial charge in [0, 0.05) is 31.0 Å². The summed E-state index contributed by atoms with van der Waals surface area (Å²) in [5.41, 5.74) is -0.427. The van der Waals surface area contributed by atoms with Crippen LogP contribution in [0.3, 0.4) is 0 Å². The Morgan fingerprint density at radius 3 is 2.61 bits per heavy atom. The molecule has 2 aromatic carbocycles. The van der Waals surface area contributed by atoms with Gasteiger partial charge in [0.05, 0.1) is 25.6 Å². The van der Waals surface area contributed by atoms with Crippen molar-refractivity contribution in [2.24, 2.45) is 17.8 Å². The van der Waals surface area contributed by atoms with E-state index < -0.39 is 52.6 Å². The van der Waals surface area contributed by atoms with Gasteiger partial charge in [-0.05, 0) is 105 Å². The van der Waals surface area contributed by atoms with E-state index in [1.165, 1.54) is 7.11 Å². The zero-order chi connectivity index (χ0) is 40.3. The molecule has 0 spiro atoms. The minimum Gasteiger partial charge on any atom is -0.493 e. The molecule has 3 bridgehead atoms. The Kier molecular flexibility index (Phi) is 10.3. The number of fused-ring (bicyclic) bond motifs is 2. The quantitative estimate of drug-likeness (QED) is 0.217. The Morgan fingerprint density at radius 1 is 1.09 bits per heavy atom. The molecule has 3 aliphatic heterocycles. The number of ether oxygens (including phenoxy) is 6. The lowest BCUT2D eigenvalue weighted by molar-refractivity contribution is -0.425. The van der Waals surface area contributed by atoms with Crippen molar-refractivity contribution in [3.8, 4) is 11.5 Å². The molecule has 6 aliphatic rings. The maximum absolute atomic E-state index is 14.0. The maximum Gasteiger partial charge on any atom is 0.415 e. The number of likely N-dealkylation sites (tertiary alicyclic amines) is 1. The molecule has 2 N–H and O–H groups in total. The van der Waals surface area contributed by atoms with Gasteiger partial charge in [0.15, 0.2) is 22.9 Å². The summed E-state index contributed by atoms with van der Waals surface area (Å²) < 4.78 is 38.3. The van der Waals surface area contributed by atoms with Crippen molar-refractivity contribution in [1.29, 1.82) is 0 Å². The van der Waals surface area contributed by atoms with Crippen LogP contribution in [0.15, 0.2) is 84.0 Å². The first kappa shape index (κ1) is 39.5. The van der Waals surface area contributed by atoms with Crippen LogP contribution in [0.5, 0.6) is 11.5 Å². The lowest BCUT2D eigenvalue weighted by Gasteiger charge is -2.59. The second kappa shape index (κ2) is 14.8. The highest BCUT2D eigenvalue weighted by Gasteiger charge is 2.79. The average Bonchev–Trinajstić information content (AvgIpc) is 3.49. The third-order valence-corrected chi connectivity index (χ3v) is 13.2. The van der Waals surface area contributed by atoms with E-state index in [1.54, 1.807) is 36.1 Å². The highest BCUT2D eigenvalue weighted by molar-refractivity contribution is 6.06. The van der Waals surface area contributed by atoms with Crippen molar-refractivity contribution in [1.82, 2.24) is 10.2 Å². The van der Waals surface area contributed by atoms with Crippen molar-refractivity contribution in [2.45, 2.75) is 101 Å². The smallest absolute Gasteiger partial charge is 0.415 e. The first-order valence-electron chi connectivity index (χ1n) is 20.2. The van der Waals surface area contributed by atoms with Crippen LogP contribution in [-0.2, 0) is 41.4 Å². The standard InChI is InChI=1S/C45H54N2O10/c1-27(2)43-22-29(4)45-34(40(43)55-44(56-43,57-45)24-30-12-8-7-9-13-30)19-32(23-42(51)37(45)18-28(3)39(42)49)26-53-38(48)21-31-15-16-35(36(20-31)52-6)54-41(50)47-17-11-10-14-33(47)25-46-5/h7-9,12-13,15-16,18,20,23,29,33-34,37,40,46,51H,1,10-11,14,17,19,21-22,24-26H2,2-6H3/t29-,33?,34+,37-,40-,42-,43-,44-,45-/m1/s1. The van der Waals surface area contributed by atoms with Crippen LogP contribution in [-0.4, -0.2) is 96.6 Å². The molecule has 1 amide bonds. The number of carbonyl (C=O) groups is 3. The lowest BCUT2D eigenvalue weighted by Crippen LogP contribution is -2.70. The fourth-order valence-electron chi connectivity index (χ4n) is 10.7. The van der Waals surface area contributed by atoms with Gasteiger partial charge in [0.1, 0.15) is 18.3 Å². The molecular formula is C45H54N2O10. The Balaban J connectivity index is 1.02. The molecule has 3 heterocycles. The van der Waals surface area contributed by atoms with E-state index >= 15 is 0 Å². The van der Waals surface area contributed by atoms with Gasteiger partial charge in [-0.2, -0.15) is 0 Å². The van der Waals surface area contributed by atoms with E-state index in [1.807, 2.05) is 50.4 Å². The number of nitrogens with zero attached hydrogens (tertiary/aromatic N) is 1. The predicted molar refractivity (Wildman–Crippen MR) is 209 cm³/mol. The topological polar surface area (TPSA) is 142 Å². The zero-order valence-corrected chi connectivity index (χ0v) is 33.5. The highest BCUT2D eigenvalue weighted by atomic mass is 16.9. The third-order valence-electron chi connectivity index (χ3n) is 13.2. The lowest BCUT2D eigenvalue weighted by atomic mass is 9.54. The summed E-state index contributed by atoms with van der Waals surface area (Å²) in [6.07, 6.45) is 6.48. The molecular weight excluding hydrogens is 728 g/mol. The molecule has 2 aromatic rings. The number of benzene rings is 2. The van der Waals surface area contributed by atoms with Gasteiger partial charge in [-0.15, -0.1) is 0 Å². The molecule has 4 fully saturated rings. The van der Waals surface area contributed by atoms with Crippen molar-refractivity contribution < 1.29 is 47.9 Å². The van der Waals surface area contributed by atoms with Crippen LogP contribution in [0.4, 0.5) is 4.79 Å². The van der Waals surface area contributed by atoms with Crippen molar-refractivity contribution in [2.75, 3.05) is 33.9 Å². The van der Waals surface area contributed by atoms with Crippen LogP contribution < -0.4 is 14.8 Å². The van der Waals surface area contributed by atoms with E-state index in [-0.39, 0.29) is 36.7 Å². The minimum atomic E-state index is -1.93. The summed E-state index contributed by atoms with van der Waals surface area (Å²) in [6.45, 7) is 11.3. The first-order chi connectivity index (χ1) is 27.3. The molecule has 12 nitrogen and oxygen atoms in total. The molecule has 8 rings (SSSR count). The molecule has 0 radical (unpaired) electrons. The van der Waals surface area contributed by atoms with E-state index in [2.05, 4.69) is 18.8 Å². The molecule has 12 heteroatoms. The number of carbonyl (C=O) groups excluding carboxylic acids is 3. The summed E-state index contributed by atoms with van der Waals surface area (Å²) in [5, 5.41) is 15.7. The molecule has 9 atom stereocenters. The molecule has 3 aliphatic carbocycles. The highest BCUT2D eigenvalue weighted by Crippen LogP contribution is 2.68. The number of likely N-dealkylation sites (N-methyl/N-ethyl adjacent to an activating group) is 1. The third kappa shape index (κ3) is 6.53. The van der Waals surface area contributed by atoms with Gasteiger partial charge in [-0.25, -0.2) is 4.79 Å². The summed E-state index contributed by atoms with van der Waals surface area (Å²) in [6, 6.07) is 14.9. The van der Waals surface area contributed by atoms with Gasteiger partial charge in [0.25, 0.3) is 5.97 Å². The summed E-state index contributed by atoms with van der Waals surface area (Å²) in [7, 11) is 3.35. The zero-order valence-electron chi connectivity index (χ0n) is 33.5. The molecule has 1 saturated carbocycles. The number of methoxy groups -OCH3 is 1. The SMILES string of the molecule is C=C(C)[C@]12C[C@@H](C)[C@@]34O[C@](Cc5ccccc5)(O[C@@H]1[C@@H]3CC(COC(=O)Cc1ccc(OC(=O)N3CCCCC3CNC)c(OC)c1)=C[C@]1(O)C(=O)C(C)=C[C@@H]41)O2. The Morgan fingerprint density at radius 2 is 1.88 bits per heavy atom. The van der Waals surface area contributed by atoms with Crippen LogP contribution >= 0.6 is 0 Å². The van der Waals surface area contributed by atoms with E-state index in [4.69, 9.17) is 28.4 Å². The van der Waals surface area contributed by atoms with Crippen molar-refractivity contribution >= 4 is 17.8 Å². The van der Waals surface area contributed by atoms with Gasteiger partial charge in [-0.1, -0.05) is 56.0 Å². The van der Waals surface area contributed by atoms with Gasteiger partial charge >= 0.3 is 12.1 Å². The number of rotatable bonds is 11. The number of esters is 1. The molecule has 304 valence electrons. The number of amides is 1. The second-order valence-electron chi connectivity index (χ2n) is 16.9. The fraction of sp³-hybridized carbons (Fsp3) is 0.533. The molecule has 57 heavy (non-hydrogen) atoms. The normalized spacial score (nSPS) is 35.1. The largest absolute Gasteiger partial charge is 0.493 e. The Labute approximate surface area is 334 Å². The van der Waals surface area contributed by atoms with E-state index in [0.29, 0.717) is 54.8 Å². The average molecular weight is 783 g/mol. The second-order valence-corrected chi connectivity index (χ2v) is 16.9. The monoisotopic (exact) mass is 782 g/mol. The van der Waals surface area contributed by atoms with Crippen LogP contribution in [0.2, 0.25) is 0 Å². The summed E-state index contributed by atoms with van der Waals surface area (Å²) >= 11 is 0. The number of piperidine rings is 1. The van der Waals surface area contributed by atoms with E-state index in [0.717, 1.165) is 30.4 Å². The predicted octanol–water partition coefficient (Wildman–Crippen LogP) is 5.61. The van der Waals surface area contributed by atoms with Gasteiger partial charge in [0.2, 0.25) is 0 Å². The number of hydrogen-bond acceptors (Lipinski definition) is 11. The number of nitrogens with one attached hydrogen (secondary N) is 1. The van der Waals surface area contributed by atoms with E-state index in [9.17, 15) is 19.5 Å². The Hall–Kier alpha value is -4.33. The number of hydrogen-bond donors (Lipinski definition) is 2. The number of ketones is 1. The summed E-state index contributed by atoms with van der Waals surface area (Å²) in [4.78, 5) is 42.3. The molecule has 1 unspecified atom stereocenters. The number of Topliss-reactive ketones (excluding diaryl/α,β-unsaturated/α-hetero) is 1. The maximum atomic E-state index is 14.0. The van der Waals surface area contributed by atoms with Crippen LogP contribution in [0, 0.1) is 17.8 Å². The van der Waals surface area contributed by atoms with Crippen LogP contribution in [0.1, 0.15) is 64.0 Å². The van der Waals surface area contributed by atoms with Gasteiger partial charge in [-0.3, -0.25) is 9.59 Å². The summed E-state index contributed by atoms with van der Waals surface area (Å²) in [5.74, 6) is -3.09. The van der Waals surface area contributed by atoms with Gasteiger partial charge < -0.3 is 43.7 Å². The first-order valence-corrected chi connectivity index (χ1v) is 20.2. The minimum absolute atomic E-state index is 0.0488. The number of aliphatic hydroxyl groups is 1. The molecule has 3 saturated heterocycles. The Bertz CT molecular complexity index is 2010. The van der Waals surface area contributed by atoms with Crippen LogP contribution in [0.25, 0.3) is 0 Å². The fourth-order valence-corrected chi connectivity index (χ4v) is 10.7. The molecule has 0 aromatic heterocycles. The van der Waals surface area contributed by atoms with Crippen molar-refractivity contribution in [3.05, 3.63) is 95.1 Å².